The van der Waals surface area contributed by atoms with Crippen molar-refractivity contribution < 1.29 is 24.4 Å². The van der Waals surface area contributed by atoms with Crippen LogP contribution in [0.1, 0.15) is 11.1 Å². The van der Waals surface area contributed by atoms with Crippen molar-refractivity contribution in [2.75, 3.05) is 13.2 Å². The summed E-state index contributed by atoms with van der Waals surface area (Å²) in [5.41, 5.74) is 1.77. The van der Waals surface area contributed by atoms with Gasteiger partial charge in [0.2, 0.25) is 0 Å². The van der Waals surface area contributed by atoms with Crippen LogP contribution in [0.3, 0.4) is 0 Å². The highest BCUT2D eigenvalue weighted by molar-refractivity contribution is 5.78. The SMILES string of the molecule is Cc1cccc(CC(CNC(=O)COc2cccc([N+](=O)[O-])c2)C(=O)O)c1. The van der Waals surface area contributed by atoms with Crippen LogP contribution in [0, 0.1) is 23.0 Å². The molecule has 0 aliphatic carbocycles. The quantitative estimate of drug-likeness (QED) is 0.515. The molecule has 0 spiro atoms. The number of hydrogen-bond acceptors (Lipinski definition) is 5. The number of aryl methyl sites for hydroxylation is 1. The van der Waals surface area contributed by atoms with Gasteiger partial charge >= 0.3 is 5.97 Å². The van der Waals surface area contributed by atoms with E-state index in [4.69, 9.17) is 4.74 Å². The fourth-order valence-electron chi connectivity index (χ4n) is 2.49. The first-order valence-electron chi connectivity index (χ1n) is 8.27. The van der Waals surface area contributed by atoms with Gasteiger partial charge < -0.3 is 15.2 Å². The number of ether oxygens (including phenoxy) is 1. The standard InChI is InChI=1S/C19H20N2O6/c1-13-4-2-5-14(8-13)9-15(19(23)24)11-20-18(22)12-27-17-7-3-6-16(10-17)21(25)26/h2-8,10,15H,9,11-12H2,1H3,(H,20,22)(H,23,24). The molecule has 0 bridgehead atoms. The number of benzene rings is 2. The lowest BCUT2D eigenvalue weighted by Crippen LogP contribution is -2.36. The largest absolute Gasteiger partial charge is 0.484 e. The molecule has 0 radical (unpaired) electrons. The van der Waals surface area contributed by atoms with Gasteiger partial charge in [-0.3, -0.25) is 19.7 Å². The fourth-order valence-corrected chi connectivity index (χ4v) is 2.49. The van der Waals surface area contributed by atoms with Gasteiger partial charge in [-0.1, -0.05) is 35.9 Å². The number of nitrogens with zero attached hydrogens (tertiary/aromatic N) is 1. The Morgan fingerprint density at radius 2 is 1.96 bits per heavy atom. The number of nitro benzene ring substituents is 1. The van der Waals surface area contributed by atoms with E-state index in [9.17, 15) is 24.8 Å². The summed E-state index contributed by atoms with van der Waals surface area (Å²) in [5.74, 6) is -2.09. The Morgan fingerprint density at radius 3 is 2.63 bits per heavy atom. The molecular formula is C19H20N2O6. The van der Waals surface area contributed by atoms with Gasteiger partial charge in [0.1, 0.15) is 5.75 Å². The molecule has 1 atom stereocenters. The Bertz CT molecular complexity index is 836. The number of carboxylic acid groups (broad SMARTS) is 1. The summed E-state index contributed by atoms with van der Waals surface area (Å²) in [6.07, 6.45) is 0.295. The molecule has 0 fully saturated rings. The second-order valence-electron chi connectivity index (χ2n) is 6.08. The molecule has 8 nitrogen and oxygen atoms in total. The summed E-state index contributed by atoms with van der Waals surface area (Å²) in [4.78, 5) is 33.5. The highest BCUT2D eigenvalue weighted by atomic mass is 16.6. The highest BCUT2D eigenvalue weighted by Crippen LogP contribution is 2.18. The summed E-state index contributed by atoms with van der Waals surface area (Å²) in [7, 11) is 0. The lowest BCUT2D eigenvalue weighted by Gasteiger charge is -2.14. The zero-order chi connectivity index (χ0) is 19.8. The molecule has 0 heterocycles. The molecule has 2 aromatic rings. The predicted octanol–water partition coefficient (Wildman–Crippen LogP) is 2.34. The number of carbonyl (C=O) groups excluding carboxylic acids is 1. The van der Waals surface area contributed by atoms with Crippen LogP contribution in [0.5, 0.6) is 5.75 Å². The molecule has 2 rings (SSSR count). The van der Waals surface area contributed by atoms with Crippen LogP contribution in [-0.4, -0.2) is 35.1 Å². The number of aliphatic carboxylic acids is 1. The van der Waals surface area contributed by atoms with Crippen molar-refractivity contribution in [3.8, 4) is 5.75 Å². The highest BCUT2D eigenvalue weighted by Gasteiger charge is 2.19. The van der Waals surface area contributed by atoms with Crippen molar-refractivity contribution in [1.82, 2.24) is 5.32 Å². The predicted molar refractivity (Wildman–Crippen MR) is 97.6 cm³/mol. The van der Waals surface area contributed by atoms with Crippen LogP contribution in [0.25, 0.3) is 0 Å². The van der Waals surface area contributed by atoms with Crippen molar-refractivity contribution >= 4 is 17.6 Å². The maximum atomic E-state index is 11.9. The number of carboxylic acids is 1. The fraction of sp³-hybridized carbons (Fsp3) is 0.263. The Hall–Kier alpha value is -3.42. The maximum Gasteiger partial charge on any atom is 0.308 e. The van der Waals surface area contributed by atoms with Crippen molar-refractivity contribution in [3.05, 3.63) is 69.8 Å². The molecule has 0 aliphatic rings. The van der Waals surface area contributed by atoms with E-state index < -0.39 is 22.7 Å². The van der Waals surface area contributed by atoms with E-state index in [2.05, 4.69) is 5.32 Å². The van der Waals surface area contributed by atoms with Gasteiger partial charge in [-0.15, -0.1) is 0 Å². The van der Waals surface area contributed by atoms with Crippen LogP contribution in [0.15, 0.2) is 48.5 Å². The first-order chi connectivity index (χ1) is 12.8. The van der Waals surface area contributed by atoms with E-state index in [0.717, 1.165) is 11.1 Å². The third-order valence-corrected chi connectivity index (χ3v) is 3.86. The van der Waals surface area contributed by atoms with Crippen molar-refractivity contribution in [3.63, 3.8) is 0 Å². The average molecular weight is 372 g/mol. The third-order valence-electron chi connectivity index (χ3n) is 3.86. The molecule has 8 heteroatoms. The number of rotatable bonds is 9. The van der Waals surface area contributed by atoms with Gasteiger partial charge in [-0.25, -0.2) is 0 Å². The Morgan fingerprint density at radius 1 is 1.22 bits per heavy atom. The van der Waals surface area contributed by atoms with Crippen LogP contribution in [-0.2, 0) is 16.0 Å². The lowest BCUT2D eigenvalue weighted by molar-refractivity contribution is -0.384. The Kier molecular flexibility index (Phi) is 6.87. The zero-order valence-electron chi connectivity index (χ0n) is 14.8. The molecule has 1 amide bonds. The minimum absolute atomic E-state index is 0.0413. The summed E-state index contributed by atoms with van der Waals surface area (Å²) in [6.45, 7) is 1.52. The monoisotopic (exact) mass is 372 g/mol. The van der Waals surface area contributed by atoms with Crippen molar-refractivity contribution in [1.29, 1.82) is 0 Å². The molecule has 2 aromatic carbocycles. The Balaban J connectivity index is 1.86. The van der Waals surface area contributed by atoms with E-state index in [1.54, 1.807) is 0 Å². The smallest absolute Gasteiger partial charge is 0.308 e. The average Bonchev–Trinajstić information content (AvgIpc) is 2.63. The first-order valence-corrected chi connectivity index (χ1v) is 8.27. The summed E-state index contributed by atoms with van der Waals surface area (Å²) < 4.78 is 5.22. The minimum Gasteiger partial charge on any atom is -0.484 e. The Labute approximate surface area is 155 Å². The van der Waals surface area contributed by atoms with Crippen LogP contribution in [0.2, 0.25) is 0 Å². The summed E-state index contributed by atoms with van der Waals surface area (Å²) in [6, 6.07) is 13.0. The summed E-state index contributed by atoms with van der Waals surface area (Å²) >= 11 is 0. The third kappa shape index (κ3) is 6.43. The van der Waals surface area contributed by atoms with Crippen molar-refractivity contribution in [2.45, 2.75) is 13.3 Å². The van der Waals surface area contributed by atoms with Gasteiger partial charge in [0.25, 0.3) is 11.6 Å². The molecule has 1 unspecified atom stereocenters. The van der Waals surface area contributed by atoms with E-state index in [0.29, 0.717) is 6.42 Å². The molecule has 142 valence electrons. The van der Waals surface area contributed by atoms with Gasteiger partial charge in [0.05, 0.1) is 16.9 Å². The van der Waals surface area contributed by atoms with Gasteiger partial charge in [0, 0.05) is 12.6 Å². The van der Waals surface area contributed by atoms with E-state index in [-0.39, 0.29) is 24.6 Å². The number of non-ortho nitro benzene ring substituents is 1. The van der Waals surface area contributed by atoms with Gasteiger partial charge in [0.15, 0.2) is 6.61 Å². The summed E-state index contributed by atoms with van der Waals surface area (Å²) in [5, 5.41) is 22.6. The zero-order valence-corrected chi connectivity index (χ0v) is 14.8. The molecule has 0 aromatic heterocycles. The number of nitrogens with one attached hydrogen (secondary N) is 1. The minimum atomic E-state index is -1.00. The van der Waals surface area contributed by atoms with E-state index >= 15 is 0 Å². The first kappa shape index (κ1) is 19.9. The van der Waals surface area contributed by atoms with Crippen LogP contribution in [0.4, 0.5) is 5.69 Å². The molecule has 0 saturated heterocycles. The molecule has 0 saturated carbocycles. The number of amides is 1. The van der Waals surface area contributed by atoms with E-state index in [1.165, 1.54) is 24.3 Å². The molecular weight excluding hydrogens is 352 g/mol. The van der Waals surface area contributed by atoms with Gasteiger partial charge in [-0.2, -0.15) is 0 Å². The van der Waals surface area contributed by atoms with E-state index in [1.807, 2.05) is 31.2 Å². The number of hydrogen-bond donors (Lipinski definition) is 2. The molecule has 0 aliphatic heterocycles. The second kappa shape index (κ2) is 9.33. The molecule has 27 heavy (non-hydrogen) atoms. The van der Waals surface area contributed by atoms with Crippen LogP contribution >= 0.6 is 0 Å². The van der Waals surface area contributed by atoms with Crippen LogP contribution < -0.4 is 10.1 Å². The second-order valence-corrected chi connectivity index (χ2v) is 6.08. The lowest BCUT2D eigenvalue weighted by atomic mass is 9.98. The normalized spacial score (nSPS) is 11.4. The van der Waals surface area contributed by atoms with Crippen molar-refractivity contribution in [2.24, 2.45) is 5.92 Å². The van der Waals surface area contributed by atoms with Gasteiger partial charge in [-0.05, 0) is 25.0 Å². The topological polar surface area (TPSA) is 119 Å². The maximum absolute atomic E-state index is 11.9. The number of nitro groups is 1. The molecule has 2 N–H and O–H groups in total. The number of carbonyl (C=O) groups is 2.